The molecule has 0 aliphatic rings. The van der Waals surface area contributed by atoms with Gasteiger partial charge in [0.25, 0.3) is 0 Å². The van der Waals surface area contributed by atoms with Crippen LogP contribution in [0, 0.1) is 0 Å². The van der Waals surface area contributed by atoms with E-state index in [1.54, 1.807) is 0 Å². The first-order chi connectivity index (χ1) is 16.3. The molecule has 0 saturated carbocycles. The zero-order valence-electron chi connectivity index (χ0n) is 18.2. The van der Waals surface area contributed by atoms with Crippen LogP contribution in [0.25, 0.3) is 43.8 Å². The molecule has 1 N–H and O–H groups in total. The van der Waals surface area contributed by atoms with E-state index < -0.39 is 0 Å². The summed E-state index contributed by atoms with van der Waals surface area (Å²) < 4.78 is 0. The lowest BCUT2D eigenvalue weighted by molar-refractivity contribution is 1.54. The van der Waals surface area contributed by atoms with Crippen molar-refractivity contribution >= 4 is 32.9 Å². The lowest BCUT2D eigenvalue weighted by Crippen LogP contribution is -1.91. The standard InChI is InChI=1S/C32H23N/c1-3-14-29-23(8-1)10-6-16-31(29)25-18-20-27(21-19-25)33-28-13-5-12-26(22-28)32-17-7-11-24-9-2-4-15-30(24)32/h1-22,33H. The summed E-state index contributed by atoms with van der Waals surface area (Å²) in [6, 6.07) is 47.4. The van der Waals surface area contributed by atoms with Crippen LogP contribution in [0.3, 0.4) is 0 Å². The fourth-order valence-corrected chi connectivity index (χ4v) is 4.62. The van der Waals surface area contributed by atoms with Crippen molar-refractivity contribution < 1.29 is 0 Å². The van der Waals surface area contributed by atoms with Gasteiger partial charge in [-0.2, -0.15) is 0 Å². The second kappa shape index (κ2) is 8.29. The predicted molar refractivity (Wildman–Crippen MR) is 142 cm³/mol. The molecule has 1 heteroatoms. The predicted octanol–water partition coefficient (Wildman–Crippen LogP) is 9.07. The molecular formula is C32H23N. The average Bonchev–Trinajstić information content (AvgIpc) is 2.89. The maximum absolute atomic E-state index is 3.58. The van der Waals surface area contributed by atoms with Gasteiger partial charge in [0.15, 0.2) is 0 Å². The Morgan fingerprint density at radius 1 is 0.364 bits per heavy atom. The minimum atomic E-state index is 1.08. The highest BCUT2D eigenvalue weighted by molar-refractivity contribution is 5.98. The average molecular weight is 422 g/mol. The molecule has 6 rings (SSSR count). The quantitative estimate of drug-likeness (QED) is 0.299. The first kappa shape index (κ1) is 19.3. The number of fused-ring (bicyclic) bond motifs is 2. The van der Waals surface area contributed by atoms with Crippen LogP contribution >= 0.6 is 0 Å². The smallest absolute Gasteiger partial charge is 0.0390 e. The third-order valence-corrected chi connectivity index (χ3v) is 6.24. The van der Waals surface area contributed by atoms with Crippen molar-refractivity contribution in [2.45, 2.75) is 0 Å². The normalized spacial score (nSPS) is 11.0. The summed E-state index contributed by atoms with van der Waals surface area (Å²) in [4.78, 5) is 0. The van der Waals surface area contributed by atoms with Gasteiger partial charge < -0.3 is 5.32 Å². The lowest BCUT2D eigenvalue weighted by Gasteiger charge is -2.12. The number of nitrogens with one attached hydrogen (secondary N) is 1. The molecule has 6 aromatic rings. The van der Waals surface area contributed by atoms with E-state index in [9.17, 15) is 0 Å². The van der Waals surface area contributed by atoms with Crippen LogP contribution in [0.2, 0.25) is 0 Å². The molecule has 0 bridgehead atoms. The lowest BCUT2D eigenvalue weighted by atomic mass is 9.97. The highest BCUT2D eigenvalue weighted by Crippen LogP contribution is 2.32. The second-order valence-electron chi connectivity index (χ2n) is 8.34. The van der Waals surface area contributed by atoms with Gasteiger partial charge in [0.1, 0.15) is 0 Å². The van der Waals surface area contributed by atoms with E-state index in [1.807, 2.05) is 0 Å². The van der Waals surface area contributed by atoms with Gasteiger partial charge in [0, 0.05) is 11.4 Å². The number of hydrogen-bond donors (Lipinski definition) is 1. The van der Waals surface area contributed by atoms with E-state index in [4.69, 9.17) is 0 Å². The van der Waals surface area contributed by atoms with Gasteiger partial charge in [-0.1, -0.05) is 109 Å². The summed E-state index contributed by atoms with van der Waals surface area (Å²) in [6.07, 6.45) is 0. The molecule has 0 amide bonds. The Morgan fingerprint density at radius 3 is 1.58 bits per heavy atom. The fraction of sp³-hybridized carbons (Fsp3) is 0. The molecule has 0 radical (unpaired) electrons. The van der Waals surface area contributed by atoms with Crippen molar-refractivity contribution in [3.05, 3.63) is 133 Å². The number of hydrogen-bond acceptors (Lipinski definition) is 1. The first-order valence-electron chi connectivity index (χ1n) is 11.3. The minimum absolute atomic E-state index is 1.08. The van der Waals surface area contributed by atoms with Crippen molar-refractivity contribution in [1.82, 2.24) is 0 Å². The van der Waals surface area contributed by atoms with E-state index in [0.29, 0.717) is 0 Å². The minimum Gasteiger partial charge on any atom is -0.356 e. The van der Waals surface area contributed by atoms with Crippen molar-refractivity contribution in [3.8, 4) is 22.3 Å². The van der Waals surface area contributed by atoms with Crippen molar-refractivity contribution in [2.24, 2.45) is 0 Å². The van der Waals surface area contributed by atoms with E-state index in [-0.39, 0.29) is 0 Å². The van der Waals surface area contributed by atoms with E-state index in [0.717, 1.165) is 11.4 Å². The Kier molecular flexibility index (Phi) is 4.86. The number of anilines is 2. The van der Waals surface area contributed by atoms with Crippen LogP contribution in [0.4, 0.5) is 11.4 Å². The molecule has 0 saturated heterocycles. The largest absolute Gasteiger partial charge is 0.356 e. The molecule has 6 aromatic carbocycles. The van der Waals surface area contributed by atoms with Crippen LogP contribution < -0.4 is 5.32 Å². The van der Waals surface area contributed by atoms with Gasteiger partial charge in [-0.05, 0) is 68.1 Å². The first-order valence-corrected chi connectivity index (χ1v) is 11.3. The zero-order chi connectivity index (χ0) is 22.0. The van der Waals surface area contributed by atoms with E-state index >= 15 is 0 Å². The molecule has 0 fully saturated rings. The molecule has 1 nitrogen and oxygen atoms in total. The van der Waals surface area contributed by atoms with Crippen LogP contribution in [0.1, 0.15) is 0 Å². The maximum Gasteiger partial charge on any atom is 0.0390 e. The zero-order valence-corrected chi connectivity index (χ0v) is 18.2. The van der Waals surface area contributed by atoms with Crippen molar-refractivity contribution in [2.75, 3.05) is 5.32 Å². The van der Waals surface area contributed by atoms with Gasteiger partial charge in [0.05, 0.1) is 0 Å². The summed E-state index contributed by atoms with van der Waals surface area (Å²) >= 11 is 0. The second-order valence-corrected chi connectivity index (χ2v) is 8.34. The van der Waals surface area contributed by atoms with Crippen molar-refractivity contribution in [3.63, 3.8) is 0 Å². The molecule has 0 spiro atoms. The van der Waals surface area contributed by atoms with Gasteiger partial charge in [-0.25, -0.2) is 0 Å². The SMILES string of the molecule is c1cc(Nc2ccc(-c3cccc4ccccc34)cc2)cc(-c2cccc3ccccc23)c1. The third kappa shape index (κ3) is 3.75. The van der Waals surface area contributed by atoms with E-state index in [2.05, 4.69) is 139 Å². The van der Waals surface area contributed by atoms with Crippen LogP contribution in [0.5, 0.6) is 0 Å². The molecule has 156 valence electrons. The highest BCUT2D eigenvalue weighted by atomic mass is 14.9. The molecule has 0 atom stereocenters. The molecule has 0 unspecified atom stereocenters. The van der Waals surface area contributed by atoms with Gasteiger partial charge >= 0.3 is 0 Å². The molecule has 0 aromatic heterocycles. The molecule has 0 aliphatic heterocycles. The topological polar surface area (TPSA) is 12.0 Å². The van der Waals surface area contributed by atoms with Gasteiger partial charge in [-0.15, -0.1) is 0 Å². The molecule has 0 heterocycles. The summed E-state index contributed by atoms with van der Waals surface area (Å²) in [5.74, 6) is 0. The maximum atomic E-state index is 3.58. The van der Waals surface area contributed by atoms with Gasteiger partial charge in [-0.3, -0.25) is 0 Å². The molecule has 0 aliphatic carbocycles. The van der Waals surface area contributed by atoms with Crippen LogP contribution in [-0.2, 0) is 0 Å². The Balaban J connectivity index is 1.30. The monoisotopic (exact) mass is 421 g/mol. The summed E-state index contributed by atoms with van der Waals surface area (Å²) in [5, 5.41) is 8.66. The van der Waals surface area contributed by atoms with Crippen molar-refractivity contribution in [1.29, 1.82) is 0 Å². The fourth-order valence-electron chi connectivity index (χ4n) is 4.62. The number of benzene rings is 6. The summed E-state index contributed by atoms with van der Waals surface area (Å²) in [7, 11) is 0. The van der Waals surface area contributed by atoms with Crippen LogP contribution in [0.15, 0.2) is 133 Å². The van der Waals surface area contributed by atoms with Gasteiger partial charge in [0.2, 0.25) is 0 Å². The highest BCUT2D eigenvalue weighted by Gasteiger charge is 2.06. The molecular weight excluding hydrogens is 398 g/mol. The summed E-state index contributed by atoms with van der Waals surface area (Å²) in [5.41, 5.74) is 7.11. The molecule has 33 heavy (non-hydrogen) atoms. The van der Waals surface area contributed by atoms with Crippen LogP contribution in [-0.4, -0.2) is 0 Å². The third-order valence-electron chi connectivity index (χ3n) is 6.24. The number of rotatable bonds is 4. The van der Waals surface area contributed by atoms with E-state index in [1.165, 1.54) is 43.8 Å². The Hall–Kier alpha value is -4.36. The Labute approximate surface area is 194 Å². The Bertz CT molecular complexity index is 1570. The Morgan fingerprint density at radius 2 is 0.909 bits per heavy atom. The summed E-state index contributed by atoms with van der Waals surface area (Å²) in [6.45, 7) is 0.